The van der Waals surface area contributed by atoms with Gasteiger partial charge in [-0.2, -0.15) is 5.26 Å². The fourth-order valence-electron chi connectivity index (χ4n) is 1.81. The molecule has 0 heterocycles. The number of methoxy groups -OCH3 is 1. The molecular formula is C15H12N2O4. The van der Waals surface area contributed by atoms with Gasteiger partial charge in [-0.3, -0.25) is 10.1 Å². The number of nitro groups is 1. The van der Waals surface area contributed by atoms with E-state index in [2.05, 4.69) is 0 Å². The molecule has 106 valence electrons. The second kappa shape index (κ2) is 5.92. The highest BCUT2D eigenvalue weighted by atomic mass is 16.6. The zero-order valence-corrected chi connectivity index (χ0v) is 11.5. The first-order chi connectivity index (χ1) is 10.0. The van der Waals surface area contributed by atoms with Crippen molar-refractivity contribution in [2.24, 2.45) is 0 Å². The minimum absolute atomic E-state index is 0.0522. The summed E-state index contributed by atoms with van der Waals surface area (Å²) < 4.78 is 10.9. The number of rotatable bonds is 4. The van der Waals surface area contributed by atoms with Crippen molar-refractivity contribution in [2.75, 3.05) is 7.11 Å². The van der Waals surface area contributed by atoms with Crippen LogP contribution in [0.25, 0.3) is 0 Å². The van der Waals surface area contributed by atoms with Gasteiger partial charge in [0.05, 0.1) is 12.0 Å². The average molecular weight is 284 g/mol. The molecule has 0 aromatic heterocycles. The third-order valence-corrected chi connectivity index (χ3v) is 2.83. The molecular weight excluding hydrogens is 272 g/mol. The molecule has 0 bridgehead atoms. The van der Waals surface area contributed by atoms with Crippen LogP contribution in [-0.4, -0.2) is 12.0 Å². The van der Waals surface area contributed by atoms with E-state index in [-0.39, 0.29) is 11.3 Å². The molecule has 2 rings (SSSR count). The van der Waals surface area contributed by atoms with Crippen molar-refractivity contribution in [1.29, 1.82) is 5.26 Å². The van der Waals surface area contributed by atoms with Crippen LogP contribution in [0.4, 0.5) is 5.69 Å². The fourth-order valence-corrected chi connectivity index (χ4v) is 1.81. The van der Waals surface area contributed by atoms with Gasteiger partial charge in [0.25, 0.3) is 5.69 Å². The zero-order valence-electron chi connectivity index (χ0n) is 11.5. The predicted molar refractivity (Wildman–Crippen MR) is 75.6 cm³/mol. The van der Waals surface area contributed by atoms with Gasteiger partial charge in [0, 0.05) is 12.1 Å². The van der Waals surface area contributed by atoms with Crippen LogP contribution in [0.1, 0.15) is 11.1 Å². The topological polar surface area (TPSA) is 85.4 Å². The summed E-state index contributed by atoms with van der Waals surface area (Å²) in [6.45, 7) is 1.92. The Kier molecular flexibility index (Phi) is 4.05. The van der Waals surface area contributed by atoms with Crippen molar-refractivity contribution in [1.82, 2.24) is 0 Å². The first-order valence-electron chi connectivity index (χ1n) is 6.06. The first-order valence-corrected chi connectivity index (χ1v) is 6.06. The van der Waals surface area contributed by atoms with Gasteiger partial charge in [0.15, 0.2) is 11.5 Å². The molecule has 2 aromatic carbocycles. The fraction of sp³-hybridized carbons (Fsp3) is 0.133. The molecule has 21 heavy (non-hydrogen) atoms. The van der Waals surface area contributed by atoms with Crippen LogP contribution < -0.4 is 9.47 Å². The largest absolute Gasteiger partial charge is 0.493 e. The summed E-state index contributed by atoms with van der Waals surface area (Å²) in [6.07, 6.45) is 0. The van der Waals surface area contributed by atoms with Crippen molar-refractivity contribution in [3.05, 3.63) is 57.6 Å². The van der Waals surface area contributed by atoms with E-state index in [1.807, 2.05) is 19.1 Å². The van der Waals surface area contributed by atoms with Gasteiger partial charge in [-0.1, -0.05) is 6.07 Å². The molecule has 2 aromatic rings. The quantitative estimate of drug-likeness (QED) is 0.632. The number of hydrogen-bond acceptors (Lipinski definition) is 5. The molecule has 0 fully saturated rings. The van der Waals surface area contributed by atoms with E-state index < -0.39 is 4.92 Å². The van der Waals surface area contributed by atoms with Crippen LogP contribution in [0.15, 0.2) is 36.4 Å². The standard InChI is InChI=1S/C15H12N2O4/c1-10-3-6-14(15(7-10)20-2)21-12-4-5-13(17(18)19)11(8-12)9-16/h3-8H,1-2H3. The van der Waals surface area contributed by atoms with Gasteiger partial charge < -0.3 is 9.47 Å². The molecule has 6 heteroatoms. The van der Waals surface area contributed by atoms with E-state index in [1.165, 1.54) is 25.3 Å². The van der Waals surface area contributed by atoms with Gasteiger partial charge in [-0.15, -0.1) is 0 Å². The Bertz CT molecular complexity index is 735. The molecule has 0 atom stereocenters. The normalized spacial score (nSPS) is 9.76. The van der Waals surface area contributed by atoms with Crippen molar-refractivity contribution in [2.45, 2.75) is 6.92 Å². The Labute approximate surface area is 121 Å². The van der Waals surface area contributed by atoms with Gasteiger partial charge >= 0.3 is 0 Å². The van der Waals surface area contributed by atoms with Gasteiger partial charge in [-0.25, -0.2) is 0 Å². The molecule has 6 nitrogen and oxygen atoms in total. The maximum absolute atomic E-state index is 10.8. The van der Waals surface area contributed by atoms with Crippen LogP contribution in [-0.2, 0) is 0 Å². The van der Waals surface area contributed by atoms with Crippen molar-refractivity contribution >= 4 is 5.69 Å². The molecule has 0 radical (unpaired) electrons. The third-order valence-electron chi connectivity index (χ3n) is 2.83. The molecule has 0 aliphatic carbocycles. The number of nitriles is 1. The predicted octanol–water partition coefficient (Wildman–Crippen LogP) is 3.58. The third kappa shape index (κ3) is 3.09. The number of ether oxygens (including phenoxy) is 2. The van der Waals surface area contributed by atoms with E-state index in [0.29, 0.717) is 17.2 Å². The minimum Gasteiger partial charge on any atom is -0.493 e. The summed E-state index contributed by atoms with van der Waals surface area (Å²) in [7, 11) is 1.53. The Balaban J connectivity index is 2.37. The van der Waals surface area contributed by atoms with Crippen LogP contribution in [0.5, 0.6) is 17.2 Å². The molecule has 0 N–H and O–H groups in total. The number of nitro benzene ring substituents is 1. The van der Waals surface area contributed by atoms with Crippen LogP contribution in [0.2, 0.25) is 0 Å². The van der Waals surface area contributed by atoms with Crippen molar-refractivity contribution < 1.29 is 14.4 Å². The summed E-state index contributed by atoms with van der Waals surface area (Å²) in [5.74, 6) is 1.35. The Morgan fingerprint density at radius 2 is 1.95 bits per heavy atom. The first kappa shape index (κ1) is 14.3. The summed E-state index contributed by atoms with van der Waals surface area (Å²) in [4.78, 5) is 10.2. The lowest BCUT2D eigenvalue weighted by Gasteiger charge is -2.11. The van der Waals surface area contributed by atoms with Crippen molar-refractivity contribution in [3.63, 3.8) is 0 Å². The lowest BCUT2D eigenvalue weighted by atomic mass is 10.2. The average Bonchev–Trinajstić information content (AvgIpc) is 2.48. The molecule has 0 aliphatic heterocycles. The van der Waals surface area contributed by atoms with Gasteiger partial charge in [0.2, 0.25) is 0 Å². The monoisotopic (exact) mass is 284 g/mol. The molecule has 0 saturated carbocycles. The number of aryl methyl sites for hydroxylation is 1. The summed E-state index contributed by atoms with van der Waals surface area (Å²) in [5, 5.41) is 19.7. The summed E-state index contributed by atoms with van der Waals surface area (Å²) in [6, 6.07) is 11.2. The van der Waals surface area contributed by atoms with E-state index >= 15 is 0 Å². The number of hydrogen-bond donors (Lipinski definition) is 0. The van der Waals surface area contributed by atoms with E-state index in [9.17, 15) is 10.1 Å². The minimum atomic E-state index is -0.602. The molecule has 0 unspecified atom stereocenters. The number of nitrogens with zero attached hydrogens (tertiary/aromatic N) is 2. The lowest BCUT2D eigenvalue weighted by molar-refractivity contribution is -0.385. The molecule has 0 spiro atoms. The molecule has 0 aliphatic rings. The van der Waals surface area contributed by atoms with Gasteiger partial charge in [-0.05, 0) is 30.7 Å². The number of benzene rings is 2. The molecule has 0 saturated heterocycles. The smallest absolute Gasteiger partial charge is 0.287 e. The van der Waals surface area contributed by atoms with E-state index in [1.54, 1.807) is 12.1 Å². The highest BCUT2D eigenvalue weighted by molar-refractivity contribution is 5.53. The van der Waals surface area contributed by atoms with Crippen molar-refractivity contribution in [3.8, 4) is 23.3 Å². The Morgan fingerprint density at radius 3 is 2.57 bits per heavy atom. The Morgan fingerprint density at radius 1 is 1.19 bits per heavy atom. The van der Waals surface area contributed by atoms with E-state index in [4.69, 9.17) is 14.7 Å². The summed E-state index contributed by atoms with van der Waals surface area (Å²) in [5.41, 5.74) is 0.713. The van der Waals surface area contributed by atoms with Crippen LogP contribution in [0, 0.1) is 28.4 Å². The van der Waals surface area contributed by atoms with Gasteiger partial charge in [0.1, 0.15) is 17.4 Å². The second-order valence-electron chi connectivity index (χ2n) is 4.30. The van der Waals surface area contributed by atoms with E-state index in [0.717, 1.165) is 5.56 Å². The zero-order chi connectivity index (χ0) is 15.4. The lowest BCUT2D eigenvalue weighted by Crippen LogP contribution is -1.94. The summed E-state index contributed by atoms with van der Waals surface area (Å²) >= 11 is 0. The maximum atomic E-state index is 10.8. The molecule has 0 amide bonds. The SMILES string of the molecule is COc1cc(C)ccc1Oc1ccc([N+](=O)[O-])c(C#N)c1. The highest BCUT2D eigenvalue weighted by Gasteiger charge is 2.15. The van der Waals surface area contributed by atoms with Crippen LogP contribution in [0.3, 0.4) is 0 Å². The maximum Gasteiger partial charge on any atom is 0.287 e. The van der Waals surface area contributed by atoms with Crippen LogP contribution >= 0.6 is 0 Å². The highest BCUT2D eigenvalue weighted by Crippen LogP contribution is 2.33. The Hall–Kier alpha value is -3.07. The second-order valence-corrected chi connectivity index (χ2v) is 4.30.